The van der Waals surface area contributed by atoms with Crippen molar-refractivity contribution in [3.63, 3.8) is 0 Å². The molecule has 1 N–H and O–H groups in total. The fourth-order valence-corrected chi connectivity index (χ4v) is 2.39. The lowest BCUT2D eigenvalue weighted by Gasteiger charge is -2.19. The molecule has 3 heteroatoms. The third-order valence-electron chi connectivity index (χ3n) is 3.68. The minimum absolute atomic E-state index is 0.0801. The average Bonchev–Trinajstić information content (AvgIpc) is 2.44. The second-order valence-electron chi connectivity index (χ2n) is 5.92. The Balaban J connectivity index is 2.25. The monoisotopic (exact) mass is 276 g/mol. The standard InChI is InChI=1S/C17H28N2O/c1-14(2)8-7-9-15(3)12-13-18-19-17(20)16-10-5-4-6-11-16/h8,12-13,16H,4-7,9-11H2,1-3H3,(H,19,20). The van der Waals surface area contributed by atoms with Crippen molar-refractivity contribution in [2.24, 2.45) is 11.0 Å². The van der Waals surface area contributed by atoms with Crippen molar-refractivity contribution in [2.75, 3.05) is 0 Å². The van der Waals surface area contributed by atoms with Crippen LogP contribution in [-0.4, -0.2) is 12.1 Å². The first-order valence-electron chi connectivity index (χ1n) is 7.71. The van der Waals surface area contributed by atoms with Gasteiger partial charge >= 0.3 is 0 Å². The second-order valence-corrected chi connectivity index (χ2v) is 5.92. The van der Waals surface area contributed by atoms with Crippen LogP contribution in [0.1, 0.15) is 65.7 Å². The highest BCUT2D eigenvalue weighted by atomic mass is 16.2. The number of nitrogens with zero attached hydrogens (tertiary/aromatic N) is 1. The average molecular weight is 276 g/mol. The number of allylic oxidation sites excluding steroid dienone is 4. The minimum atomic E-state index is 0.0801. The highest BCUT2D eigenvalue weighted by molar-refractivity contribution is 5.80. The Hall–Kier alpha value is -1.38. The van der Waals surface area contributed by atoms with Crippen LogP contribution in [0.3, 0.4) is 0 Å². The molecular weight excluding hydrogens is 248 g/mol. The van der Waals surface area contributed by atoms with E-state index in [2.05, 4.69) is 37.4 Å². The first kappa shape index (κ1) is 16.7. The molecule has 0 unspecified atom stereocenters. The van der Waals surface area contributed by atoms with Gasteiger partial charge in [0, 0.05) is 12.1 Å². The molecule has 0 aromatic rings. The molecule has 0 bridgehead atoms. The first-order chi connectivity index (χ1) is 9.59. The number of rotatable bonds is 6. The Labute approximate surface area is 123 Å². The van der Waals surface area contributed by atoms with Gasteiger partial charge in [0.2, 0.25) is 5.91 Å². The van der Waals surface area contributed by atoms with Gasteiger partial charge in [0.25, 0.3) is 0 Å². The van der Waals surface area contributed by atoms with Crippen LogP contribution in [0.4, 0.5) is 0 Å². The predicted molar refractivity (Wildman–Crippen MR) is 85.6 cm³/mol. The van der Waals surface area contributed by atoms with Gasteiger partial charge in [0.15, 0.2) is 0 Å². The van der Waals surface area contributed by atoms with Crippen molar-refractivity contribution in [3.8, 4) is 0 Å². The first-order valence-corrected chi connectivity index (χ1v) is 7.71. The summed E-state index contributed by atoms with van der Waals surface area (Å²) in [5, 5.41) is 4.01. The Morgan fingerprint density at radius 2 is 1.90 bits per heavy atom. The highest BCUT2D eigenvalue weighted by Gasteiger charge is 2.20. The summed E-state index contributed by atoms with van der Waals surface area (Å²) in [7, 11) is 0. The summed E-state index contributed by atoms with van der Waals surface area (Å²) in [5.74, 6) is 0.250. The lowest BCUT2D eigenvalue weighted by molar-refractivity contribution is -0.125. The highest BCUT2D eigenvalue weighted by Crippen LogP contribution is 2.23. The lowest BCUT2D eigenvalue weighted by atomic mass is 9.89. The van der Waals surface area contributed by atoms with E-state index >= 15 is 0 Å². The van der Waals surface area contributed by atoms with Crippen molar-refractivity contribution < 1.29 is 4.79 Å². The Bertz CT molecular complexity index is 384. The molecule has 20 heavy (non-hydrogen) atoms. The van der Waals surface area contributed by atoms with Crippen LogP contribution < -0.4 is 5.43 Å². The number of nitrogens with one attached hydrogen (secondary N) is 1. The summed E-state index contributed by atoms with van der Waals surface area (Å²) in [6.45, 7) is 6.32. The molecule has 0 aromatic heterocycles. The fraction of sp³-hybridized carbons (Fsp3) is 0.647. The lowest BCUT2D eigenvalue weighted by Crippen LogP contribution is -2.28. The van der Waals surface area contributed by atoms with Crippen molar-refractivity contribution >= 4 is 12.1 Å². The molecule has 1 fully saturated rings. The van der Waals surface area contributed by atoms with Crippen molar-refractivity contribution in [1.82, 2.24) is 5.43 Å². The van der Waals surface area contributed by atoms with E-state index in [9.17, 15) is 4.79 Å². The molecule has 1 saturated carbocycles. The molecule has 0 saturated heterocycles. The van der Waals surface area contributed by atoms with Crippen LogP contribution in [0.15, 0.2) is 28.4 Å². The maximum Gasteiger partial charge on any atom is 0.243 e. The van der Waals surface area contributed by atoms with E-state index in [1.54, 1.807) is 6.21 Å². The summed E-state index contributed by atoms with van der Waals surface area (Å²) in [5.41, 5.74) is 5.29. The molecular formula is C17H28N2O. The van der Waals surface area contributed by atoms with Gasteiger partial charge in [-0.15, -0.1) is 0 Å². The van der Waals surface area contributed by atoms with Gasteiger partial charge in [-0.25, -0.2) is 5.43 Å². The maximum absolute atomic E-state index is 11.8. The van der Waals surface area contributed by atoms with E-state index in [1.807, 2.05) is 6.08 Å². The fourth-order valence-electron chi connectivity index (χ4n) is 2.39. The molecule has 1 amide bonds. The zero-order chi connectivity index (χ0) is 14.8. The van der Waals surface area contributed by atoms with Gasteiger partial charge in [-0.1, -0.05) is 36.5 Å². The molecule has 0 heterocycles. The zero-order valence-corrected chi connectivity index (χ0v) is 13.1. The molecule has 1 aliphatic rings. The number of hydrogen-bond acceptors (Lipinski definition) is 2. The van der Waals surface area contributed by atoms with Gasteiger partial charge in [0.1, 0.15) is 0 Å². The number of carbonyl (C=O) groups excluding carboxylic acids is 1. The second kappa shape index (κ2) is 9.51. The van der Waals surface area contributed by atoms with Gasteiger partial charge < -0.3 is 0 Å². The third kappa shape index (κ3) is 7.27. The van der Waals surface area contributed by atoms with Crippen molar-refractivity contribution in [1.29, 1.82) is 0 Å². The molecule has 112 valence electrons. The SMILES string of the molecule is CC(C)=CCCC(C)=CC=NNC(=O)C1CCCCC1. The number of hydrogen-bond donors (Lipinski definition) is 1. The molecule has 1 rings (SSSR count). The Morgan fingerprint density at radius 1 is 1.20 bits per heavy atom. The summed E-state index contributed by atoms with van der Waals surface area (Å²) in [6, 6.07) is 0. The molecule has 0 spiro atoms. The summed E-state index contributed by atoms with van der Waals surface area (Å²) < 4.78 is 0. The van der Waals surface area contributed by atoms with Gasteiger partial charge in [-0.3, -0.25) is 4.79 Å². The van der Waals surface area contributed by atoms with Crippen LogP contribution in [0.2, 0.25) is 0 Å². The molecule has 1 aliphatic carbocycles. The van der Waals surface area contributed by atoms with Crippen LogP contribution in [0.25, 0.3) is 0 Å². The van der Waals surface area contributed by atoms with Crippen LogP contribution in [0, 0.1) is 5.92 Å². The van der Waals surface area contributed by atoms with E-state index < -0.39 is 0 Å². The van der Waals surface area contributed by atoms with Crippen LogP contribution >= 0.6 is 0 Å². The van der Waals surface area contributed by atoms with E-state index in [0.29, 0.717) is 0 Å². The normalized spacial score (nSPS) is 17.2. The van der Waals surface area contributed by atoms with Gasteiger partial charge in [-0.2, -0.15) is 5.10 Å². The summed E-state index contributed by atoms with van der Waals surface area (Å²) in [4.78, 5) is 11.8. The Morgan fingerprint density at radius 3 is 2.55 bits per heavy atom. The van der Waals surface area contributed by atoms with Crippen LogP contribution in [0.5, 0.6) is 0 Å². The van der Waals surface area contributed by atoms with E-state index in [-0.39, 0.29) is 11.8 Å². The maximum atomic E-state index is 11.8. The quantitative estimate of drug-likeness (QED) is 0.437. The largest absolute Gasteiger partial charge is 0.273 e. The number of carbonyl (C=O) groups is 1. The smallest absolute Gasteiger partial charge is 0.243 e. The van der Waals surface area contributed by atoms with Crippen molar-refractivity contribution in [3.05, 3.63) is 23.3 Å². The Kier molecular flexibility index (Phi) is 7.93. The predicted octanol–water partition coefficient (Wildman–Crippen LogP) is 4.36. The molecule has 3 nitrogen and oxygen atoms in total. The molecule has 0 aliphatic heterocycles. The minimum Gasteiger partial charge on any atom is -0.273 e. The third-order valence-corrected chi connectivity index (χ3v) is 3.68. The molecule has 0 aromatic carbocycles. The zero-order valence-electron chi connectivity index (χ0n) is 13.1. The molecule has 0 radical (unpaired) electrons. The van der Waals surface area contributed by atoms with E-state index in [4.69, 9.17) is 0 Å². The van der Waals surface area contributed by atoms with Gasteiger partial charge in [0.05, 0.1) is 0 Å². The summed E-state index contributed by atoms with van der Waals surface area (Å²) >= 11 is 0. The molecule has 0 atom stereocenters. The topological polar surface area (TPSA) is 41.5 Å². The number of hydrazone groups is 1. The van der Waals surface area contributed by atoms with E-state index in [1.165, 1.54) is 30.4 Å². The van der Waals surface area contributed by atoms with Gasteiger partial charge in [-0.05, 0) is 52.5 Å². The van der Waals surface area contributed by atoms with E-state index in [0.717, 1.165) is 25.7 Å². The van der Waals surface area contributed by atoms with Crippen molar-refractivity contribution in [2.45, 2.75) is 65.7 Å². The summed E-state index contributed by atoms with van der Waals surface area (Å²) in [6.07, 6.45) is 13.6. The van der Waals surface area contributed by atoms with Crippen LogP contribution in [-0.2, 0) is 4.79 Å². The number of amides is 1.